The Bertz CT molecular complexity index is 870. The summed E-state index contributed by atoms with van der Waals surface area (Å²) in [4.78, 5) is 0. The Kier molecular flexibility index (Phi) is 4.81. The van der Waals surface area contributed by atoms with Crippen molar-refractivity contribution in [1.29, 1.82) is 0 Å². The zero-order valence-electron chi connectivity index (χ0n) is 14.0. The molecule has 7 heteroatoms. The van der Waals surface area contributed by atoms with E-state index in [-0.39, 0.29) is 0 Å². The molecular formula is C18H19ClN4OS. The van der Waals surface area contributed by atoms with Crippen LogP contribution in [0.1, 0.15) is 43.2 Å². The van der Waals surface area contributed by atoms with Gasteiger partial charge in [0.15, 0.2) is 11.0 Å². The smallest absolute Gasteiger partial charge is 0.192 e. The molecule has 0 aliphatic heterocycles. The SMILES string of the molecule is Cc1cc(CSc2nnc(-c3ccccc3Cl)n2C2CCCC2)on1. The Hall–Kier alpha value is -1.79. The molecule has 0 spiro atoms. The first kappa shape index (κ1) is 16.7. The molecule has 4 rings (SSSR count). The highest BCUT2D eigenvalue weighted by Gasteiger charge is 2.25. The van der Waals surface area contributed by atoms with Crippen molar-refractivity contribution in [2.24, 2.45) is 0 Å². The molecule has 0 bridgehead atoms. The summed E-state index contributed by atoms with van der Waals surface area (Å²) in [5.41, 5.74) is 1.83. The summed E-state index contributed by atoms with van der Waals surface area (Å²) in [7, 11) is 0. The number of rotatable bonds is 5. The molecule has 0 N–H and O–H groups in total. The topological polar surface area (TPSA) is 56.7 Å². The highest BCUT2D eigenvalue weighted by atomic mass is 35.5. The van der Waals surface area contributed by atoms with E-state index in [1.54, 1.807) is 11.8 Å². The van der Waals surface area contributed by atoms with E-state index < -0.39 is 0 Å². The van der Waals surface area contributed by atoms with Crippen molar-refractivity contribution in [3.05, 3.63) is 46.8 Å². The third-order valence-electron chi connectivity index (χ3n) is 4.49. The molecule has 0 unspecified atom stereocenters. The van der Waals surface area contributed by atoms with Gasteiger partial charge in [-0.1, -0.05) is 53.5 Å². The first-order valence-electron chi connectivity index (χ1n) is 8.47. The van der Waals surface area contributed by atoms with Crippen molar-refractivity contribution in [3.63, 3.8) is 0 Å². The standard InChI is InChI=1S/C18H19ClN4OS/c1-12-10-14(24-22-12)11-25-18-21-20-17(15-8-4-5-9-16(15)19)23(18)13-6-2-3-7-13/h4-5,8-10,13H,2-3,6-7,11H2,1H3. The van der Waals surface area contributed by atoms with Crippen molar-refractivity contribution in [3.8, 4) is 11.4 Å². The molecule has 1 aromatic carbocycles. The molecule has 2 heterocycles. The van der Waals surface area contributed by atoms with Gasteiger partial charge < -0.3 is 4.52 Å². The Labute approximate surface area is 155 Å². The minimum absolute atomic E-state index is 0.431. The van der Waals surface area contributed by atoms with E-state index in [2.05, 4.69) is 19.9 Å². The van der Waals surface area contributed by atoms with E-state index in [1.807, 2.05) is 37.3 Å². The first-order chi connectivity index (χ1) is 12.2. The minimum atomic E-state index is 0.431. The van der Waals surface area contributed by atoms with Gasteiger partial charge in [0.05, 0.1) is 16.5 Å². The van der Waals surface area contributed by atoms with Gasteiger partial charge in [-0.15, -0.1) is 10.2 Å². The number of hydrogen-bond acceptors (Lipinski definition) is 5. The number of halogens is 1. The van der Waals surface area contributed by atoms with Gasteiger partial charge in [-0.2, -0.15) is 0 Å². The molecule has 130 valence electrons. The van der Waals surface area contributed by atoms with Crippen LogP contribution in [-0.2, 0) is 5.75 Å². The molecule has 1 saturated carbocycles. The minimum Gasteiger partial charge on any atom is -0.360 e. The lowest BCUT2D eigenvalue weighted by molar-refractivity contribution is 0.390. The fraction of sp³-hybridized carbons (Fsp3) is 0.389. The lowest BCUT2D eigenvalue weighted by atomic mass is 10.2. The predicted octanol–water partition coefficient (Wildman–Crippen LogP) is 5.30. The normalized spacial score (nSPS) is 15.1. The number of aromatic nitrogens is 4. The van der Waals surface area contributed by atoms with Crippen molar-refractivity contribution in [2.75, 3.05) is 0 Å². The molecule has 1 fully saturated rings. The number of hydrogen-bond donors (Lipinski definition) is 0. The van der Waals surface area contributed by atoms with Crippen molar-refractivity contribution in [2.45, 2.75) is 49.6 Å². The van der Waals surface area contributed by atoms with Crippen LogP contribution in [0.2, 0.25) is 5.02 Å². The summed E-state index contributed by atoms with van der Waals surface area (Å²) in [5, 5.41) is 14.5. The third kappa shape index (κ3) is 3.46. The van der Waals surface area contributed by atoms with Crippen molar-refractivity contribution in [1.82, 2.24) is 19.9 Å². The van der Waals surface area contributed by atoms with Crippen LogP contribution in [-0.4, -0.2) is 19.9 Å². The largest absolute Gasteiger partial charge is 0.360 e. The van der Waals surface area contributed by atoms with Gasteiger partial charge in [-0.05, 0) is 31.9 Å². The monoisotopic (exact) mass is 374 g/mol. The van der Waals surface area contributed by atoms with Crippen LogP contribution in [0.3, 0.4) is 0 Å². The Morgan fingerprint density at radius 1 is 1.24 bits per heavy atom. The Morgan fingerprint density at radius 2 is 2.04 bits per heavy atom. The Balaban J connectivity index is 1.68. The van der Waals surface area contributed by atoms with Gasteiger partial charge in [0, 0.05) is 17.7 Å². The second kappa shape index (κ2) is 7.22. The maximum absolute atomic E-state index is 6.41. The van der Waals surface area contributed by atoms with Crippen LogP contribution in [0.15, 0.2) is 40.0 Å². The van der Waals surface area contributed by atoms with Crippen LogP contribution >= 0.6 is 23.4 Å². The Morgan fingerprint density at radius 3 is 2.76 bits per heavy atom. The first-order valence-corrected chi connectivity index (χ1v) is 9.83. The maximum atomic E-state index is 6.41. The summed E-state index contributed by atoms with van der Waals surface area (Å²) in [6, 6.07) is 10.2. The van der Waals surface area contributed by atoms with Gasteiger partial charge in [-0.3, -0.25) is 4.57 Å². The highest BCUT2D eigenvalue weighted by molar-refractivity contribution is 7.98. The molecule has 25 heavy (non-hydrogen) atoms. The number of nitrogens with zero attached hydrogens (tertiary/aromatic N) is 4. The van der Waals surface area contributed by atoms with Crippen LogP contribution in [0.25, 0.3) is 11.4 Å². The molecule has 1 aliphatic carbocycles. The molecule has 0 amide bonds. The lowest BCUT2D eigenvalue weighted by Gasteiger charge is -2.17. The van der Waals surface area contributed by atoms with Crippen LogP contribution in [0, 0.1) is 6.92 Å². The molecule has 1 aliphatic rings. The molecule has 5 nitrogen and oxygen atoms in total. The second-order valence-corrected chi connectivity index (χ2v) is 7.67. The van der Waals surface area contributed by atoms with Gasteiger partial charge >= 0.3 is 0 Å². The second-order valence-electron chi connectivity index (χ2n) is 6.32. The van der Waals surface area contributed by atoms with Crippen LogP contribution in [0.5, 0.6) is 0 Å². The average molecular weight is 375 g/mol. The van der Waals surface area contributed by atoms with Gasteiger partial charge in [0.1, 0.15) is 5.76 Å². The van der Waals surface area contributed by atoms with Gasteiger partial charge in [0.25, 0.3) is 0 Å². The molecule has 0 radical (unpaired) electrons. The van der Waals surface area contributed by atoms with Gasteiger partial charge in [0.2, 0.25) is 0 Å². The van der Waals surface area contributed by atoms with E-state index in [4.69, 9.17) is 16.1 Å². The van der Waals surface area contributed by atoms with Crippen LogP contribution in [0.4, 0.5) is 0 Å². The molecular weight excluding hydrogens is 356 g/mol. The number of benzene rings is 1. The summed E-state index contributed by atoms with van der Waals surface area (Å²) in [5.74, 6) is 2.39. The van der Waals surface area contributed by atoms with Crippen molar-refractivity contribution >= 4 is 23.4 Å². The fourth-order valence-corrected chi connectivity index (χ4v) is 4.41. The van der Waals surface area contributed by atoms with E-state index >= 15 is 0 Å². The van der Waals surface area contributed by atoms with Crippen molar-refractivity contribution < 1.29 is 4.52 Å². The molecule has 0 saturated heterocycles. The number of thioether (sulfide) groups is 1. The zero-order valence-corrected chi connectivity index (χ0v) is 15.6. The highest BCUT2D eigenvalue weighted by Crippen LogP contribution is 2.38. The van der Waals surface area contributed by atoms with Crippen LogP contribution < -0.4 is 0 Å². The summed E-state index contributed by atoms with van der Waals surface area (Å²) in [6.07, 6.45) is 4.81. The summed E-state index contributed by atoms with van der Waals surface area (Å²) < 4.78 is 7.58. The average Bonchev–Trinajstić information content (AvgIpc) is 3.33. The predicted molar refractivity (Wildman–Crippen MR) is 98.8 cm³/mol. The van der Waals surface area contributed by atoms with E-state index in [1.165, 1.54) is 12.8 Å². The third-order valence-corrected chi connectivity index (χ3v) is 5.78. The lowest BCUT2D eigenvalue weighted by Crippen LogP contribution is -2.08. The zero-order chi connectivity index (χ0) is 17.2. The summed E-state index contributed by atoms with van der Waals surface area (Å²) >= 11 is 8.05. The fourth-order valence-electron chi connectivity index (χ4n) is 3.31. The maximum Gasteiger partial charge on any atom is 0.192 e. The van der Waals surface area contributed by atoms with Gasteiger partial charge in [-0.25, -0.2) is 0 Å². The van der Waals surface area contributed by atoms with E-state index in [0.717, 1.165) is 40.8 Å². The quantitative estimate of drug-likeness (QED) is 0.567. The number of aryl methyl sites for hydroxylation is 1. The molecule has 0 atom stereocenters. The van der Waals surface area contributed by atoms with E-state index in [0.29, 0.717) is 16.8 Å². The molecule has 2 aromatic heterocycles. The summed E-state index contributed by atoms with van der Waals surface area (Å²) in [6.45, 7) is 1.92. The molecule has 3 aromatic rings. The van der Waals surface area contributed by atoms with E-state index in [9.17, 15) is 0 Å².